The van der Waals surface area contributed by atoms with Crippen LogP contribution in [0, 0.1) is 0 Å². The number of hydrogen-bond donors (Lipinski definition) is 0. The Kier molecular flexibility index (Phi) is 125. The normalized spacial score (nSPS) is 0. The van der Waals surface area contributed by atoms with E-state index in [9.17, 15) is 0 Å². The van der Waals surface area contributed by atoms with Crippen LogP contribution >= 0.6 is 0 Å². The third kappa shape index (κ3) is 8.84. The van der Waals surface area contributed by atoms with Gasteiger partial charge in [-0.1, -0.05) is 0 Å². The van der Waals surface area contributed by atoms with Crippen LogP contribution in [0.3, 0.4) is 0 Å². The fourth-order valence-electron chi connectivity index (χ4n) is 0. The summed E-state index contributed by atoms with van der Waals surface area (Å²) in [5.74, 6) is 0. The molecule has 0 aromatic carbocycles. The maximum Gasteiger partial charge on any atom is 0 e. The van der Waals surface area contributed by atoms with E-state index >= 15 is 0 Å². The average molecular weight is 344 g/mol. The van der Waals surface area contributed by atoms with E-state index < -0.39 is 0 Å². The van der Waals surface area contributed by atoms with E-state index in [1.54, 1.807) is 0 Å². The fraction of sp³-hybridized carbons (Fsp3) is 0. The van der Waals surface area contributed by atoms with E-state index in [1.807, 2.05) is 0 Å². The van der Waals surface area contributed by atoms with Crippen LogP contribution in [-0.4, -0.2) is 0 Å². The molecule has 0 aliphatic carbocycles. The van der Waals surface area contributed by atoms with E-state index in [1.165, 1.54) is 0 Å². The predicted molar refractivity (Wildman–Crippen MR) is 0 cm³/mol. The van der Waals surface area contributed by atoms with Crippen molar-refractivity contribution in [1.82, 2.24) is 0 Å². The Balaban J connectivity index is 0. The molecule has 0 atom stereocenters. The molecular formula is AgCdNiZn. The topological polar surface area (TPSA) is 0 Å². The first-order valence-corrected chi connectivity index (χ1v) is 0. The summed E-state index contributed by atoms with van der Waals surface area (Å²) in [6.07, 6.45) is 0. The van der Waals surface area contributed by atoms with Crippen LogP contribution in [0.15, 0.2) is 0 Å². The zero-order valence-electron chi connectivity index (χ0n) is 2.03. The standard InChI is InChI=1S/Ag.Cd.Ni.Zn. The summed E-state index contributed by atoms with van der Waals surface area (Å²) in [7, 11) is 0. The van der Waals surface area contributed by atoms with Gasteiger partial charge >= 0.3 is 0 Å². The van der Waals surface area contributed by atoms with Gasteiger partial charge in [0.05, 0.1) is 0 Å². The molecular weight excluding hydrogens is 344 g/mol. The van der Waals surface area contributed by atoms with E-state index in [2.05, 4.69) is 0 Å². The Bertz CT molecular complexity index is 8.00. The molecule has 0 aromatic rings. The molecule has 4 heavy (non-hydrogen) atoms. The molecule has 0 saturated carbocycles. The monoisotopic (exact) mass is 343 g/mol. The fourth-order valence-corrected chi connectivity index (χ4v) is 0. The van der Waals surface area contributed by atoms with Crippen molar-refractivity contribution < 1.29 is 85.6 Å². The summed E-state index contributed by atoms with van der Waals surface area (Å²) in [6.45, 7) is 0. The van der Waals surface area contributed by atoms with Crippen LogP contribution in [0.25, 0.3) is 0 Å². The zero-order chi connectivity index (χ0) is 0. The molecule has 0 aromatic heterocycles. The second-order valence-electron chi connectivity index (χ2n) is 0. The predicted octanol–water partition coefficient (Wildman–Crippen LogP) is -0.0100. The second kappa shape index (κ2) is 17.1. The molecule has 0 saturated heterocycles. The third-order valence-corrected chi connectivity index (χ3v) is 0. The number of hydrogen-bond acceptors (Lipinski definition) is 0. The van der Waals surface area contributed by atoms with Crippen molar-refractivity contribution in [2.24, 2.45) is 0 Å². The summed E-state index contributed by atoms with van der Waals surface area (Å²) in [5, 5.41) is 0. The molecule has 0 unspecified atom stereocenters. The van der Waals surface area contributed by atoms with Gasteiger partial charge in [0.15, 0.2) is 0 Å². The van der Waals surface area contributed by atoms with Crippen LogP contribution in [0.5, 0.6) is 0 Å². The number of rotatable bonds is 0. The summed E-state index contributed by atoms with van der Waals surface area (Å²) < 4.78 is 0. The van der Waals surface area contributed by atoms with Gasteiger partial charge in [-0.25, -0.2) is 0 Å². The molecule has 0 aliphatic heterocycles. The van der Waals surface area contributed by atoms with Crippen molar-refractivity contribution in [2.75, 3.05) is 0 Å². The summed E-state index contributed by atoms with van der Waals surface area (Å²) in [5.41, 5.74) is 0. The van der Waals surface area contributed by atoms with E-state index in [0.717, 1.165) is 0 Å². The van der Waals surface area contributed by atoms with Crippen LogP contribution in [-0.2, 0) is 85.6 Å². The summed E-state index contributed by atoms with van der Waals surface area (Å²) in [4.78, 5) is 0. The summed E-state index contributed by atoms with van der Waals surface area (Å²) in [6, 6.07) is 0. The Labute approximate surface area is 84.2 Å². The molecule has 25 valence electrons. The van der Waals surface area contributed by atoms with Gasteiger partial charge in [0.2, 0.25) is 0 Å². The molecule has 0 N–H and O–H groups in total. The van der Waals surface area contributed by atoms with Crippen molar-refractivity contribution >= 4 is 0 Å². The van der Waals surface area contributed by atoms with Crippen molar-refractivity contribution in [2.45, 2.75) is 0 Å². The molecule has 0 heterocycles. The zero-order valence-corrected chi connectivity index (χ0v) is 11.5. The van der Waals surface area contributed by atoms with Gasteiger partial charge in [-0.3, -0.25) is 0 Å². The Morgan fingerprint density at radius 3 is 1.00 bits per heavy atom. The Hall–Kier alpha value is 2.78. The quantitative estimate of drug-likeness (QED) is 0.543. The Morgan fingerprint density at radius 2 is 1.00 bits per heavy atom. The maximum absolute atomic E-state index is 0. The van der Waals surface area contributed by atoms with Crippen LogP contribution in [0.2, 0.25) is 0 Å². The molecule has 0 rings (SSSR count). The van der Waals surface area contributed by atoms with Gasteiger partial charge in [0.25, 0.3) is 0 Å². The SMILES string of the molecule is [Ag].[Cd].[Ni].[Zn]. The van der Waals surface area contributed by atoms with Gasteiger partial charge in [0.1, 0.15) is 0 Å². The molecule has 0 aliphatic rings. The first-order chi connectivity index (χ1) is 0. The molecule has 0 amide bonds. The van der Waals surface area contributed by atoms with Gasteiger partial charge in [-0.05, 0) is 0 Å². The second-order valence-corrected chi connectivity index (χ2v) is 0. The van der Waals surface area contributed by atoms with Crippen molar-refractivity contribution in [3.8, 4) is 0 Å². The molecule has 0 bridgehead atoms. The van der Waals surface area contributed by atoms with Crippen molar-refractivity contribution in [3.05, 3.63) is 0 Å². The minimum absolute atomic E-state index is 0. The van der Waals surface area contributed by atoms with Crippen LogP contribution in [0.4, 0.5) is 0 Å². The van der Waals surface area contributed by atoms with Crippen LogP contribution < -0.4 is 0 Å². The largest absolute Gasteiger partial charge is 0 e. The van der Waals surface area contributed by atoms with E-state index in [0.29, 0.717) is 0 Å². The third-order valence-electron chi connectivity index (χ3n) is 0. The molecule has 0 spiro atoms. The van der Waals surface area contributed by atoms with Crippen molar-refractivity contribution in [1.29, 1.82) is 0 Å². The average Bonchev–Trinajstić information content (AvgIpc) is 0. The molecule has 0 nitrogen and oxygen atoms in total. The summed E-state index contributed by atoms with van der Waals surface area (Å²) >= 11 is 0. The minimum atomic E-state index is 0. The van der Waals surface area contributed by atoms with Crippen molar-refractivity contribution in [3.63, 3.8) is 0 Å². The first-order valence-electron chi connectivity index (χ1n) is 0. The van der Waals surface area contributed by atoms with Gasteiger partial charge < -0.3 is 0 Å². The smallest absolute Gasteiger partial charge is 0 e. The van der Waals surface area contributed by atoms with Gasteiger partial charge in [-0.2, -0.15) is 0 Å². The van der Waals surface area contributed by atoms with E-state index in [-0.39, 0.29) is 85.6 Å². The Morgan fingerprint density at radius 1 is 1.00 bits per heavy atom. The molecule has 0 fully saturated rings. The van der Waals surface area contributed by atoms with Crippen LogP contribution in [0.1, 0.15) is 0 Å². The molecule has 1 radical (unpaired) electrons. The maximum atomic E-state index is 0. The first kappa shape index (κ1) is 29.3. The molecule has 4 heteroatoms. The van der Waals surface area contributed by atoms with Gasteiger partial charge in [0, 0.05) is 85.6 Å². The van der Waals surface area contributed by atoms with Gasteiger partial charge in [-0.15, -0.1) is 0 Å². The minimum Gasteiger partial charge on any atom is 0 e. The van der Waals surface area contributed by atoms with E-state index in [4.69, 9.17) is 0 Å².